The molecule has 2 aromatic carbocycles. The van der Waals surface area contributed by atoms with Crippen LogP contribution in [0.25, 0.3) is 11.3 Å². The second-order valence-electron chi connectivity index (χ2n) is 6.62. The molecule has 1 amide bonds. The first kappa shape index (κ1) is 18.5. The number of nitro groups is 1. The summed E-state index contributed by atoms with van der Waals surface area (Å²) in [4.78, 5) is 24.9. The predicted molar refractivity (Wildman–Crippen MR) is 104 cm³/mol. The van der Waals surface area contributed by atoms with E-state index >= 15 is 0 Å². The third-order valence-corrected chi connectivity index (χ3v) is 4.57. The zero-order chi connectivity index (χ0) is 20.4. The molecule has 148 valence electrons. The summed E-state index contributed by atoms with van der Waals surface area (Å²) in [5, 5.41) is 11.2. The highest BCUT2D eigenvalue weighted by Crippen LogP contribution is 2.32. The summed E-state index contributed by atoms with van der Waals surface area (Å²) >= 11 is 0. The van der Waals surface area contributed by atoms with E-state index in [2.05, 4.69) is 0 Å². The number of carbonyl (C=O) groups excluding carboxylic acids is 1. The number of likely N-dealkylation sites (N-methyl/N-ethyl adjacent to an activating group) is 1. The Kier molecular flexibility index (Phi) is 4.90. The molecule has 8 nitrogen and oxygen atoms in total. The number of furan rings is 1. The minimum atomic E-state index is -0.482. The molecule has 2 heterocycles. The molecule has 0 saturated carbocycles. The molecular weight excluding hydrogens is 376 g/mol. The lowest BCUT2D eigenvalue weighted by Gasteiger charge is -2.29. The van der Waals surface area contributed by atoms with Gasteiger partial charge in [-0.3, -0.25) is 14.9 Å². The number of para-hydroxylation sites is 3. The molecule has 1 atom stereocenters. The Morgan fingerprint density at radius 2 is 1.83 bits per heavy atom. The van der Waals surface area contributed by atoms with Gasteiger partial charge in [-0.25, -0.2) is 0 Å². The fourth-order valence-electron chi connectivity index (χ4n) is 3.17. The van der Waals surface area contributed by atoms with E-state index in [0.717, 1.165) is 0 Å². The first-order valence-corrected chi connectivity index (χ1v) is 9.00. The van der Waals surface area contributed by atoms with Gasteiger partial charge in [-0.1, -0.05) is 24.3 Å². The molecule has 1 aliphatic heterocycles. The zero-order valence-electron chi connectivity index (χ0n) is 15.6. The van der Waals surface area contributed by atoms with Crippen LogP contribution in [0.1, 0.15) is 10.6 Å². The Labute approximate surface area is 166 Å². The van der Waals surface area contributed by atoms with Crippen molar-refractivity contribution in [2.45, 2.75) is 6.10 Å². The van der Waals surface area contributed by atoms with E-state index in [1.165, 1.54) is 17.0 Å². The summed E-state index contributed by atoms with van der Waals surface area (Å²) in [5.41, 5.74) is 0.237. The molecule has 3 aromatic rings. The van der Waals surface area contributed by atoms with Crippen LogP contribution >= 0.6 is 0 Å². The van der Waals surface area contributed by atoms with Gasteiger partial charge in [0.15, 0.2) is 23.4 Å². The van der Waals surface area contributed by atoms with Gasteiger partial charge in [0.25, 0.3) is 11.6 Å². The van der Waals surface area contributed by atoms with Crippen molar-refractivity contribution in [2.24, 2.45) is 0 Å². The van der Waals surface area contributed by atoms with Gasteiger partial charge in [0, 0.05) is 13.1 Å². The van der Waals surface area contributed by atoms with Crippen molar-refractivity contribution < 1.29 is 23.6 Å². The Morgan fingerprint density at radius 3 is 2.62 bits per heavy atom. The third-order valence-electron chi connectivity index (χ3n) is 4.57. The van der Waals surface area contributed by atoms with Crippen LogP contribution in [0.3, 0.4) is 0 Å². The Hall–Kier alpha value is -3.81. The molecule has 0 aliphatic carbocycles. The van der Waals surface area contributed by atoms with E-state index in [1.807, 2.05) is 24.3 Å². The van der Waals surface area contributed by atoms with Crippen molar-refractivity contribution in [3.05, 3.63) is 76.5 Å². The minimum Gasteiger partial charge on any atom is -0.486 e. The number of hydrogen-bond acceptors (Lipinski definition) is 6. The molecule has 0 radical (unpaired) electrons. The van der Waals surface area contributed by atoms with E-state index in [4.69, 9.17) is 13.9 Å². The third kappa shape index (κ3) is 3.77. The molecule has 8 heteroatoms. The number of benzene rings is 2. The predicted octanol–water partition coefficient (Wildman–Crippen LogP) is 3.77. The molecule has 0 fully saturated rings. The lowest BCUT2D eigenvalue weighted by atomic mass is 10.1. The molecule has 29 heavy (non-hydrogen) atoms. The van der Waals surface area contributed by atoms with E-state index in [1.54, 1.807) is 31.3 Å². The number of carbonyl (C=O) groups is 1. The van der Waals surface area contributed by atoms with Gasteiger partial charge < -0.3 is 18.8 Å². The maximum absolute atomic E-state index is 12.7. The maximum atomic E-state index is 12.7. The summed E-state index contributed by atoms with van der Waals surface area (Å²) in [6.45, 7) is 0.628. The fourth-order valence-corrected chi connectivity index (χ4v) is 3.17. The van der Waals surface area contributed by atoms with Gasteiger partial charge >= 0.3 is 0 Å². The highest BCUT2D eigenvalue weighted by atomic mass is 16.6. The summed E-state index contributed by atoms with van der Waals surface area (Å²) in [5.74, 6) is 1.33. The second-order valence-corrected chi connectivity index (χ2v) is 6.62. The standard InChI is InChI=1S/C21H18N2O6/c1-22(12-14-13-27-18-8-4-5-9-19(18)28-14)21(24)20-11-10-17(29-20)15-6-2-3-7-16(15)23(25)26/h2-11,14H,12-13H2,1H3/t14-/m0/s1. The molecule has 0 N–H and O–H groups in total. The molecule has 0 unspecified atom stereocenters. The highest BCUT2D eigenvalue weighted by Gasteiger charge is 2.26. The first-order chi connectivity index (χ1) is 14.0. The quantitative estimate of drug-likeness (QED) is 0.483. The van der Waals surface area contributed by atoms with Crippen LogP contribution in [0.4, 0.5) is 5.69 Å². The minimum absolute atomic E-state index is 0.0828. The normalized spacial score (nSPS) is 15.0. The fraction of sp³-hybridized carbons (Fsp3) is 0.190. The van der Waals surface area contributed by atoms with Gasteiger partial charge in [0.1, 0.15) is 12.4 Å². The number of ether oxygens (including phenoxy) is 2. The Morgan fingerprint density at radius 1 is 1.10 bits per heavy atom. The summed E-state index contributed by atoms with van der Waals surface area (Å²) in [6.07, 6.45) is -0.316. The smallest absolute Gasteiger partial charge is 0.289 e. The van der Waals surface area contributed by atoms with Crippen molar-refractivity contribution in [1.82, 2.24) is 4.90 Å². The lowest BCUT2D eigenvalue weighted by molar-refractivity contribution is -0.384. The molecule has 0 saturated heterocycles. The van der Waals surface area contributed by atoms with Crippen molar-refractivity contribution in [2.75, 3.05) is 20.2 Å². The van der Waals surface area contributed by atoms with E-state index in [0.29, 0.717) is 30.2 Å². The van der Waals surface area contributed by atoms with Gasteiger partial charge in [-0.15, -0.1) is 0 Å². The van der Waals surface area contributed by atoms with Gasteiger partial charge in [0.2, 0.25) is 0 Å². The second kappa shape index (κ2) is 7.67. The lowest BCUT2D eigenvalue weighted by Crippen LogP contribution is -2.41. The Bertz CT molecular complexity index is 1060. The molecular formula is C21H18N2O6. The van der Waals surface area contributed by atoms with Crippen LogP contribution in [0, 0.1) is 10.1 Å². The van der Waals surface area contributed by atoms with Crippen LogP contribution in [0.15, 0.2) is 65.1 Å². The monoisotopic (exact) mass is 394 g/mol. The number of nitro benzene ring substituents is 1. The van der Waals surface area contributed by atoms with Crippen LogP contribution in [0.5, 0.6) is 11.5 Å². The van der Waals surface area contributed by atoms with Crippen LogP contribution in [-0.2, 0) is 0 Å². The van der Waals surface area contributed by atoms with Crippen LogP contribution in [0.2, 0.25) is 0 Å². The van der Waals surface area contributed by atoms with Gasteiger partial charge in [0.05, 0.1) is 17.0 Å². The SMILES string of the molecule is CN(C[C@H]1COc2ccccc2O1)C(=O)c1ccc(-c2ccccc2[N+](=O)[O-])o1. The molecule has 1 aromatic heterocycles. The zero-order valence-corrected chi connectivity index (χ0v) is 15.6. The van der Waals surface area contributed by atoms with Crippen LogP contribution in [-0.4, -0.2) is 42.0 Å². The number of hydrogen-bond donors (Lipinski definition) is 0. The van der Waals surface area contributed by atoms with Gasteiger partial charge in [-0.05, 0) is 30.3 Å². The number of amides is 1. The average molecular weight is 394 g/mol. The van der Waals surface area contributed by atoms with E-state index < -0.39 is 4.92 Å². The molecule has 0 spiro atoms. The van der Waals surface area contributed by atoms with E-state index in [9.17, 15) is 14.9 Å². The van der Waals surface area contributed by atoms with Crippen molar-refractivity contribution in [1.29, 1.82) is 0 Å². The van der Waals surface area contributed by atoms with Crippen molar-refractivity contribution >= 4 is 11.6 Å². The number of rotatable bonds is 5. The summed E-state index contributed by atoms with van der Waals surface area (Å²) in [6, 6.07) is 16.7. The molecule has 0 bridgehead atoms. The maximum Gasteiger partial charge on any atom is 0.289 e. The molecule has 4 rings (SSSR count). The first-order valence-electron chi connectivity index (χ1n) is 9.00. The summed E-state index contributed by atoms with van der Waals surface area (Å²) in [7, 11) is 1.64. The van der Waals surface area contributed by atoms with Gasteiger partial charge in [-0.2, -0.15) is 0 Å². The summed E-state index contributed by atoms with van der Waals surface area (Å²) < 4.78 is 17.2. The number of fused-ring (bicyclic) bond motifs is 1. The van der Waals surface area contributed by atoms with Crippen molar-refractivity contribution in [3.63, 3.8) is 0 Å². The number of nitrogens with zero attached hydrogens (tertiary/aromatic N) is 2. The van der Waals surface area contributed by atoms with E-state index in [-0.39, 0.29) is 29.2 Å². The van der Waals surface area contributed by atoms with Crippen molar-refractivity contribution in [3.8, 4) is 22.8 Å². The Balaban J connectivity index is 1.46. The highest BCUT2D eigenvalue weighted by molar-refractivity contribution is 5.92. The average Bonchev–Trinajstić information content (AvgIpc) is 3.23. The van der Waals surface area contributed by atoms with Crippen LogP contribution < -0.4 is 9.47 Å². The molecule has 1 aliphatic rings. The topological polar surface area (TPSA) is 95.0 Å². The largest absolute Gasteiger partial charge is 0.486 e.